The molecule has 1 fully saturated rings. The van der Waals surface area contributed by atoms with Crippen LogP contribution in [0, 0.1) is 13.8 Å². The maximum atomic E-state index is 12.5. The van der Waals surface area contributed by atoms with Crippen LogP contribution < -0.4 is 0 Å². The Morgan fingerprint density at radius 2 is 2.07 bits per heavy atom. The molecular formula is C20H24N4O2S. The second kappa shape index (κ2) is 7.76. The molecule has 0 saturated carbocycles. The molecule has 1 saturated heterocycles. The van der Waals surface area contributed by atoms with E-state index >= 15 is 0 Å². The van der Waals surface area contributed by atoms with Gasteiger partial charge in [-0.2, -0.15) is 0 Å². The van der Waals surface area contributed by atoms with E-state index in [1.807, 2.05) is 36.9 Å². The first-order valence-corrected chi connectivity index (χ1v) is 10.5. The third-order valence-corrected chi connectivity index (χ3v) is 6.24. The molecule has 0 spiro atoms. The molecule has 1 aromatic carbocycles. The van der Waals surface area contributed by atoms with Gasteiger partial charge in [0.05, 0.1) is 22.5 Å². The molecule has 3 aromatic rings. The number of amides is 1. The quantitative estimate of drug-likeness (QED) is 0.724. The second-order valence-corrected chi connectivity index (χ2v) is 8.08. The van der Waals surface area contributed by atoms with Gasteiger partial charge in [0.15, 0.2) is 0 Å². The van der Waals surface area contributed by atoms with E-state index in [-0.39, 0.29) is 5.91 Å². The number of rotatable bonds is 5. The molecule has 4 rings (SSSR count). The number of benzene rings is 1. The van der Waals surface area contributed by atoms with Gasteiger partial charge in [0.2, 0.25) is 5.91 Å². The van der Waals surface area contributed by atoms with Gasteiger partial charge in [-0.1, -0.05) is 17.3 Å². The third kappa shape index (κ3) is 3.88. The zero-order valence-electron chi connectivity index (χ0n) is 15.7. The molecule has 6 nitrogen and oxygen atoms in total. The van der Waals surface area contributed by atoms with Crippen LogP contribution in [0.3, 0.4) is 0 Å². The van der Waals surface area contributed by atoms with Gasteiger partial charge in [-0.25, -0.2) is 4.98 Å². The number of hydrogen-bond donors (Lipinski definition) is 1. The van der Waals surface area contributed by atoms with Crippen LogP contribution in [0.1, 0.15) is 41.6 Å². The van der Waals surface area contributed by atoms with Gasteiger partial charge in [-0.05, 0) is 38.8 Å². The van der Waals surface area contributed by atoms with Crippen LogP contribution in [0.2, 0.25) is 0 Å². The summed E-state index contributed by atoms with van der Waals surface area (Å²) in [5, 5.41) is 3.96. The van der Waals surface area contributed by atoms with E-state index in [0.29, 0.717) is 11.7 Å². The fourth-order valence-electron chi connectivity index (χ4n) is 3.61. The lowest BCUT2D eigenvalue weighted by Crippen LogP contribution is -2.39. The van der Waals surface area contributed by atoms with Crippen LogP contribution in [0.5, 0.6) is 0 Å². The fourth-order valence-corrected chi connectivity index (χ4v) is 4.68. The smallest absolute Gasteiger partial charge is 0.232 e. The number of H-pyrrole nitrogens is 1. The zero-order valence-corrected chi connectivity index (χ0v) is 16.5. The van der Waals surface area contributed by atoms with Crippen molar-refractivity contribution in [1.82, 2.24) is 20.0 Å². The van der Waals surface area contributed by atoms with E-state index in [1.54, 1.807) is 11.8 Å². The summed E-state index contributed by atoms with van der Waals surface area (Å²) in [7, 11) is 0. The van der Waals surface area contributed by atoms with E-state index in [1.165, 1.54) is 0 Å². The normalized spacial score (nSPS) is 15.6. The number of hydrogen-bond acceptors (Lipinski definition) is 5. The minimum Gasteiger partial charge on any atom is -0.361 e. The number of imidazole rings is 1. The predicted molar refractivity (Wildman–Crippen MR) is 107 cm³/mol. The Morgan fingerprint density at radius 1 is 1.30 bits per heavy atom. The summed E-state index contributed by atoms with van der Waals surface area (Å²) < 4.78 is 5.18. The number of aromatic nitrogens is 3. The van der Waals surface area contributed by atoms with Crippen LogP contribution in [0.25, 0.3) is 11.0 Å². The van der Waals surface area contributed by atoms with Crippen LogP contribution in [0.4, 0.5) is 0 Å². The van der Waals surface area contributed by atoms with Crippen molar-refractivity contribution in [2.24, 2.45) is 0 Å². The minimum atomic E-state index is 0.217. The first-order chi connectivity index (χ1) is 13.1. The van der Waals surface area contributed by atoms with Gasteiger partial charge < -0.3 is 14.4 Å². The SMILES string of the molecule is Cc1noc(C)c1CSCC(=O)N1CCC(c2nc3ccccc3[nH]2)CC1. The lowest BCUT2D eigenvalue weighted by molar-refractivity contribution is -0.129. The first-order valence-electron chi connectivity index (χ1n) is 9.33. The Kier molecular flexibility index (Phi) is 5.20. The average Bonchev–Trinajstić information content (AvgIpc) is 3.26. The van der Waals surface area contributed by atoms with Gasteiger partial charge in [0.1, 0.15) is 11.6 Å². The summed E-state index contributed by atoms with van der Waals surface area (Å²) in [6, 6.07) is 8.12. The molecule has 2 aromatic heterocycles. The summed E-state index contributed by atoms with van der Waals surface area (Å²) in [5.41, 5.74) is 4.12. The number of thioether (sulfide) groups is 1. The zero-order chi connectivity index (χ0) is 18.8. The van der Waals surface area contributed by atoms with Crippen molar-refractivity contribution in [3.05, 3.63) is 47.1 Å². The molecule has 1 amide bonds. The molecule has 27 heavy (non-hydrogen) atoms. The van der Waals surface area contributed by atoms with Gasteiger partial charge in [0, 0.05) is 30.3 Å². The van der Waals surface area contributed by atoms with Crippen LogP contribution >= 0.6 is 11.8 Å². The van der Waals surface area contributed by atoms with Gasteiger partial charge in [-0.3, -0.25) is 4.79 Å². The second-order valence-electron chi connectivity index (χ2n) is 7.09. The van der Waals surface area contributed by atoms with Crippen molar-refractivity contribution >= 4 is 28.7 Å². The van der Waals surface area contributed by atoms with Crippen LogP contribution in [-0.4, -0.2) is 44.8 Å². The molecule has 7 heteroatoms. The molecule has 0 radical (unpaired) electrons. The maximum absolute atomic E-state index is 12.5. The molecule has 3 heterocycles. The lowest BCUT2D eigenvalue weighted by Gasteiger charge is -2.31. The summed E-state index contributed by atoms with van der Waals surface area (Å²) in [6.45, 7) is 5.45. The minimum absolute atomic E-state index is 0.217. The highest BCUT2D eigenvalue weighted by Crippen LogP contribution is 2.28. The van der Waals surface area contributed by atoms with Gasteiger partial charge in [0.25, 0.3) is 0 Å². The number of likely N-dealkylation sites (tertiary alicyclic amines) is 1. The number of carbonyl (C=O) groups excluding carboxylic acids is 1. The molecule has 142 valence electrons. The Bertz CT molecular complexity index is 888. The Balaban J connectivity index is 1.27. The fraction of sp³-hybridized carbons (Fsp3) is 0.450. The Hall–Kier alpha value is -2.28. The van der Waals surface area contributed by atoms with Crippen molar-refractivity contribution in [3.63, 3.8) is 0 Å². The van der Waals surface area contributed by atoms with Crippen LogP contribution in [-0.2, 0) is 10.5 Å². The maximum Gasteiger partial charge on any atom is 0.232 e. The predicted octanol–water partition coefficient (Wildman–Crippen LogP) is 3.81. The van der Waals surface area contributed by atoms with Crippen molar-refractivity contribution in [3.8, 4) is 0 Å². The number of nitrogens with one attached hydrogen (secondary N) is 1. The largest absolute Gasteiger partial charge is 0.361 e. The highest BCUT2D eigenvalue weighted by atomic mass is 32.2. The summed E-state index contributed by atoms with van der Waals surface area (Å²) in [6.07, 6.45) is 1.92. The number of carbonyl (C=O) groups is 1. The molecule has 0 atom stereocenters. The van der Waals surface area contributed by atoms with Gasteiger partial charge >= 0.3 is 0 Å². The number of aryl methyl sites for hydroxylation is 2. The van der Waals surface area contributed by atoms with Crippen molar-refractivity contribution in [1.29, 1.82) is 0 Å². The highest BCUT2D eigenvalue weighted by Gasteiger charge is 2.25. The molecule has 0 unspecified atom stereocenters. The Morgan fingerprint density at radius 3 is 2.78 bits per heavy atom. The number of piperidine rings is 1. The molecule has 1 N–H and O–H groups in total. The number of fused-ring (bicyclic) bond motifs is 1. The van der Waals surface area contributed by atoms with E-state index in [2.05, 4.69) is 16.2 Å². The number of aromatic amines is 1. The van der Waals surface area contributed by atoms with E-state index in [9.17, 15) is 4.79 Å². The standard InChI is InChI=1S/C20H24N4O2S/c1-13-16(14(2)26-23-13)11-27-12-19(25)24-9-7-15(8-10-24)20-21-17-5-3-4-6-18(17)22-20/h3-6,15H,7-12H2,1-2H3,(H,21,22). The Labute approximate surface area is 162 Å². The average molecular weight is 385 g/mol. The molecule has 0 aliphatic carbocycles. The monoisotopic (exact) mass is 384 g/mol. The van der Waals surface area contributed by atoms with E-state index < -0.39 is 0 Å². The van der Waals surface area contributed by atoms with Crippen LogP contribution in [0.15, 0.2) is 28.8 Å². The van der Waals surface area contributed by atoms with E-state index in [4.69, 9.17) is 9.51 Å². The van der Waals surface area contributed by atoms with E-state index in [0.717, 1.165) is 65.6 Å². The first kappa shape index (κ1) is 18.1. The lowest BCUT2D eigenvalue weighted by atomic mass is 9.96. The summed E-state index contributed by atoms with van der Waals surface area (Å²) in [4.78, 5) is 22.7. The molecule has 0 bridgehead atoms. The van der Waals surface area contributed by atoms with Gasteiger partial charge in [-0.15, -0.1) is 11.8 Å². The summed E-state index contributed by atoms with van der Waals surface area (Å²) >= 11 is 1.63. The highest BCUT2D eigenvalue weighted by molar-refractivity contribution is 7.99. The number of para-hydroxylation sites is 2. The number of nitrogens with zero attached hydrogens (tertiary/aromatic N) is 3. The van der Waals surface area contributed by atoms with Crippen molar-refractivity contribution < 1.29 is 9.32 Å². The molecular weight excluding hydrogens is 360 g/mol. The topological polar surface area (TPSA) is 75.0 Å². The van der Waals surface area contributed by atoms with Crippen molar-refractivity contribution in [2.45, 2.75) is 38.4 Å². The summed E-state index contributed by atoms with van der Waals surface area (Å²) in [5.74, 6) is 3.78. The molecule has 1 aliphatic heterocycles. The molecule has 1 aliphatic rings. The third-order valence-electron chi connectivity index (χ3n) is 5.30. The van der Waals surface area contributed by atoms with Crippen molar-refractivity contribution in [2.75, 3.05) is 18.8 Å².